The topological polar surface area (TPSA) is 66.1 Å². The van der Waals surface area contributed by atoms with E-state index < -0.39 is 6.09 Å². The first-order valence-electron chi connectivity index (χ1n) is 8.03. The van der Waals surface area contributed by atoms with Crippen LogP contribution in [0.25, 0.3) is 0 Å². The summed E-state index contributed by atoms with van der Waals surface area (Å²) in [5, 5.41) is 4.90. The second kappa shape index (κ2) is 8.59. The van der Waals surface area contributed by atoms with Crippen molar-refractivity contribution >= 4 is 17.5 Å². The Bertz CT molecular complexity index is 516. The molecule has 2 rings (SSSR count). The van der Waals surface area contributed by atoms with Crippen LogP contribution in [0.2, 0.25) is 0 Å². The first-order valence-corrected chi connectivity index (χ1v) is 8.03. The van der Waals surface area contributed by atoms with Gasteiger partial charge in [-0.15, -0.1) is 0 Å². The summed E-state index contributed by atoms with van der Waals surface area (Å²) in [4.78, 5) is 14.0. The molecule has 7 nitrogen and oxygen atoms in total. The molecule has 1 aromatic carbocycles. The van der Waals surface area contributed by atoms with E-state index in [4.69, 9.17) is 9.47 Å². The maximum Gasteiger partial charge on any atom is 0.411 e. The van der Waals surface area contributed by atoms with Gasteiger partial charge in [-0.2, -0.15) is 0 Å². The summed E-state index contributed by atoms with van der Waals surface area (Å²) in [6.07, 6.45) is -0.460. The highest BCUT2D eigenvalue weighted by atomic mass is 16.5. The van der Waals surface area contributed by atoms with Gasteiger partial charge in [-0.3, -0.25) is 5.32 Å². The summed E-state index contributed by atoms with van der Waals surface area (Å²) in [5.41, 5.74) is 4.84. The lowest BCUT2D eigenvalue weighted by atomic mass is 10.2. The van der Waals surface area contributed by atoms with Gasteiger partial charge in [0.1, 0.15) is 5.75 Å². The maximum atomic E-state index is 11.7. The molecular formula is C16H26N4O3. The van der Waals surface area contributed by atoms with Crippen molar-refractivity contribution in [3.8, 4) is 5.75 Å². The van der Waals surface area contributed by atoms with Gasteiger partial charge in [-0.1, -0.05) is 0 Å². The first-order chi connectivity index (χ1) is 11.1. The van der Waals surface area contributed by atoms with Crippen LogP contribution in [0.4, 0.5) is 16.2 Å². The van der Waals surface area contributed by atoms with E-state index in [0.717, 1.165) is 37.6 Å². The fourth-order valence-electron chi connectivity index (χ4n) is 2.35. The quantitative estimate of drug-likeness (QED) is 0.837. The Balaban J connectivity index is 2.11. The summed E-state index contributed by atoms with van der Waals surface area (Å²) >= 11 is 0. The van der Waals surface area contributed by atoms with E-state index >= 15 is 0 Å². The van der Waals surface area contributed by atoms with Crippen LogP contribution in [0, 0.1) is 0 Å². The van der Waals surface area contributed by atoms with Gasteiger partial charge in [0.15, 0.2) is 0 Å². The van der Waals surface area contributed by atoms with Crippen molar-refractivity contribution < 1.29 is 14.3 Å². The van der Waals surface area contributed by atoms with Gasteiger partial charge in [-0.25, -0.2) is 9.80 Å². The number of hydrogen-bond acceptors (Lipinski definition) is 6. The maximum absolute atomic E-state index is 11.7. The van der Waals surface area contributed by atoms with Crippen LogP contribution in [0.15, 0.2) is 18.2 Å². The average Bonchev–Trinajstić information content (AvgIpc) is 2.52. The Morgan fingerprint density at radius 1 is 1.13 bits per heavy atom. The summed E-state index contributed by atoms with van der Waals surface area (Å²) in [6.45, 7) is 8.47. The molecule has 0 spiro atoms. The normalized spacial score (nSPS) is 16.0. The van der Waals surface area contributed by atoms with Gasteiger partial charge in [0, 0.05) is 32.2 Å². The summed E-state index contributed by atoms with van der Waals surface area (Å²) in [7, 11) is 2.11. The second-order valence-corrected chi connectivity index (χ2v) is 5.39. The molecule has 0 unspecified atom stereocenters. The van der Waals surface area contributed by atoms with Crippen molar-refractivity contribution in [1.29, 1.82) is 0 Å². The number of carbonyl (C=O) groups is 1. The SMILES string of the molecule is CCOC(=O)Nc1ccc(OCC)cc1NN1CCN(C)CC1. The molecule has 1 aliphatic rings. The van der Waals surface area contributed by atoms with E-state index in [1.54, 1.807) is 6.92 Å². The first kappa shape index (κ1) is 17.4. The lowest BCUT2D eigenvalue weighted by molar-refractivity contribution is 0.168. The summed E-state index contributed by atoms with van der Waals surface area (Å²) in [6, 6.07) is 5.55. The van der Waals surface area contributed by atoms with E-state index in [9.17, 15) is 4.79 Å². The molecule has 1 amide bonds. The van der Waals surface area contributed by atoms with E-state index in [2.05, 4.69) is 27.7 Å². The molecule has 7 heteroatoms. The van der Waals surface area contributed by atoms with Crippen LogP contribution in [0.3, 0.4) is 0 Å². The minimum atomic E-state index is -0.460. The van der Waals surface area contributed by atoms with Crippen molar-refractivity contribution in [2.45, 2.75) is 13.8 Å². The highest BCUT2D eigenvalue weighted by molar-refractivity contribution is 5.89. The molecule has 1 aliphatic heterocycles. The molecule has 0 aromatic heterocycles. The van der Waals surface area contributed by atoms with E-state index in [1.807, 2.05) is 25.1 Å². The fourth-order valence-corrected chi connectivity index (χ4v) is 2.35. The molecule has 23 heavy (non-hydrogen) atoms. The molecule has 0 bridgehead atoms. The van der Waals surface area contributed by atoms with Gasteiger partial charge >= 0.3 is 6.09 Å². The number of rotatable bonds is 6. The number of hydrogen-bond donors (Lipinski definition) is 2. The number of nitrogens with one attached hydrogen (secondary N) is 2. The molecule has 1 heterocycles. The number of nitrogens with zero attached hydrogens (tertiary/aromatic N) is 2. The number of ether oxygens (including phenoxy) is 2. The van der Waals surface area contributed by atoms with Crippen LogP contribution in [-0.2, 0) is 4.74 Å². The zero-order valence-corrected chi connectivity index (χ0v) is 14.1. The van der Waals surface area contributed by atoms with Crippen molar-refractivity contribution in [3.05, 3.63) is 18.2 Å². The smallest absolute Gasteiger partial charge is 0.411 e. The van der Waals surface area contributed by atoms with Crippen LogP contribution in [0.5, 0.6) is 5.75 Å². The van der Waals surface area contributed by atoms with E-state index in [-0.39, 0.29) is 0 Å². The highest BCUT2D eigenvalue weighted by Gasteiger charge is 2.16. The Labute approximate surface area is 137 Å². The van der Waals surface area contributed by atoms with Crippen molar-refractivity contribution in [3.63, 3.8) is 0 Å². The lowest BCUT2D eigenvalue weighted by Crippen LogP contribution is -2.47. The number of likely N-dealkylation sites (N-methyl/N-ethyl adjacent to an activating group) is 1. The Hall–Kier alpha value is -1.99. The van der Waals surface area contributed by atoms with Gasteiger partial charge in [0.05, 0.1) is 24.6 Å². The monoisotopic (exact) mass is 322 g/mol. The zero-order chi connectivity index (χ0) is 16.7. The second-order valence-electron chi connectivity index (χ2n) is 5.39. The minimum Gasteiger partial charge on any atom is -0.494 e. The summed E-state index contributed by atoms with van der Waals surface area (Å²) < 4.78 is 10.5. The number of carbonyl (C=O) groups excluding carboxylic acids is 1. The lowest BCUT2D eigenvalue weighted by Gasteiger charge is -2.33. The standard InChI is InChI=1S/C16H26N4O3/c1-4-22-13-6-7-14(17-16(21)23-5-2)15(12-13)18-20-10-8-19(3)9-11-20/h6-7,12,18H,4-5,8-11H2,1-3H3,(H,17,21). The third kappa shape index (κ3) is 5.30. The minimum absolute atomic E-state index is 0.337. The van der Waals surface area contributed by atoms with Crippen molar-refractivity contribution in [1.82, 2.24) is 9.91 Å². The fraction of sp³-hybridized carbons (Fsp3) is 0.562. The number of anilines is 2. The number of piperazine rings is 1. The van der Waals surface area contributed by atoms with Gasteiger partial charge in [0.2, 0.25) is 0 Å². The Kier molecular flexibility index (Phi) is 6.49. The highest BCUT2D eigenvalue weighted by Crippen LogP contribution is 2.28. The van der Waals surface area contributed by atoms with E-state index in [0.29, 0.717) is 18.9 Å². The number of benzene rings is 1. The molecule has 2 N–H and O–H groups in total. The predicted octanol–water partition coefficient (Wildman–Crippen LogP) is 2.23. The molecule has 1 saturated heterocycles. The average molecular weight is 322 g/mol. The van der Waals surface area contributed by atoms with E-state index in [1.165, 1.54) is 0 Å². The Morgan fingerprint density at radius 2 is 1.87 bits per heavy atom. The number of hydrazine groups is 1. The molecule has 0 aliphatic carbocycles. The number of amides is 1. The molecule has 128 valence electrons. The van der Waals surface area contributed by atoms with Crippen LogP contribution in [0.1, 0.15) is 13.8 Å². The van der Waals surface area contributed by atoms with Crippen LogP contribution < -0.4 is 15.5 Å². The molecule has 0 radical (unpaired) electrons. The van der Waals surface area contributed by atoms with Crippen molar-refractivity contribution in [2.24, 2.45) is 0 Å². The molecule has 1 aromatic rings. The molecule has 0 atom stereocenters. The van der Waals surface area contributed by atoms with Crippen LogP contribution >= 0.6 is 0 Å². The molecular weight excluding hydrogens is 296 g/mol. The van der Waals surface area contributed by atoms with Gasteiger partial charge in [0.25, 0.3) is 0 Å². The summed E-state index contributed by atoms with van der Waals surface area (Å²) in [5.74, 6) is 0.763. The van der Waals surface area contributed by atoms with Crippen molar-refractivity contribution in [2.75, 3.05) is 57.2 Å². The zero-order valence-electron chi connectivity index (χ0n) is 14.1. The van der Waals surface area contributed by atoms with Gasteiger partial charge in [-0.05, 0) is 33.0 Å². The Morgan fingerprint density at radius 3 is 2.52 bits per heavy atom. The third-order valence-corrected chi connectivity index (χ3v) is 3.60. The third-order valence-electron chi connectivity index (χ3n) is 3.60. The predicted molar refractivity (Wildman–Crippen MR) is 90.9 cm³/mol. The van der Waals surface area contributed by atoms with Crippen LogP contribution in [-0.4, -0.2) is 62.4 Å². The molecule has 1 fully saturated rings. The molecule has 0 saturated carbocycles. The largest absolute Gasteiger partial charge is 0.494 e. The van der Waals surface area contributed by atoms with Gasteiger partial charge < -0.3 is 19.8 Å².